The molecular weight excluding hydrogens is 278 g/mol. The molecule has 0 bridgehead atoms. The van der Waals surface area contributed by atoms with E-state index in [9.17, 15) is 5.11 Å². The number of nitrogens with zero attached hydrogens (tertiary/aromatic N) is 3. The lowest BCUT2D eigenvalue weighted by Gasteiger charge is -2.31. The zero-order chi connectivity index (χ0) is 15.2. The van der Waals surface area contributed by atoms with Crippen LogP contribution in [0.2, 0.25) is 0 Å². The first-order valence-corrected chi connectivity index (χ1v) is 8.24. The summed E-state index contributed by atoms with van der Waals surface area (Å²) in [7, 11) is 0. The van der Waals surface area contributed by atoms with Crippen LogP contribution in [0.15, 0.2) is 41.5 Å². The number of aliphatic hydroxyl groups excluding tert-OH is 1. The number of rotatable bonds is 6. The normalized spacial score (nSPS) is 21.6. The summed E-state index contributed by atoms with van der Waals surface area (Å²) in [4.78, 5) is 6.62. The Morgan fingerprint density at radius 1 is 1.32 bits per heavy atom. The first-order chi connectivity index (χ1) is 10.8. The lowest BCUT2D eigenvalue weighted by Crippen LogP contribution is -2.38. The van der Waals surface area contributed by atoms with Gasteiger partial charge in [0, 0.05) is 31.5 Å². The molecule has 0 aromatic carbocycles. The molecule has 2 atom stereocenters. The van der Waals surface area contributed by atoms with Crippen molar-refractivity contribution in [2.24, 2.45) is 0 Å². The number of aromatic nitrogens is 2. The molecule has 0 saturated carbocycles. The van der Waals surface area contributed by atoms with Crippen LogP contribution in [0.5, 0.6) is 0 Å². The number of furan rings is 1. The van der Waals surface area contributed by atoms with Gasteiger partial charge in [-0.25, -0.2) is 4.98 Å². The van der Waals surface area contributed by atoms with Crippen LogP contribution in [0.25, 0.3) is 0 Å². The smallest absolute Gasteiger partial charge is 0.132 e. The van der Waals surface area contributed by atoms with Crippen LogP contribution in [0, 0.1) is 0 Å². The Hall–Kier alpha value is -1.59. The average Bonchev–Trinajstić information content (AvgIpc) is 3.18. The molecule has 1 aliphatic rings. The highest BCUT2D eigenvalue weighted by molar-refractivity contribution is 5.02. The second kappa shape index (κ2) is 7.61. The van der Waals surface area contributed by atoms with Gasteiger partial charge in [-0.3, -0.25) is 4.90 Å². The predicted molar refractivity (Wildman–Crippen MR) is 84.3 cm³/mol. The third kappa shape index (κ3) is 3.99. The molecule has 120 valence electrons. The molecule has 5 heteroatoms. The van der Waals surface area contributed by atoms with Crippen molar-refractivity contribution in [1.29, 1.82) is 0 Å². The average molecular weight is 303 g/mol. The topological polar surface area (TPSA) is 54.4 Å². The molecule has 1 aliphatic heterocycles. The maximum atomic E-state index is 10.4. The summed E-state index contributed by atoms with van der Waals surface area (Å²) in [5.41, 5.74) is 0. The van der Waals surface area contributed by atoms with E-state index in [4.69, 9.17) is 4.42 Å². The second-order valence-electron chi connectivity index (χ2n) is 6.11. The highest BCUT2D eigenvalue weighted by Crippen LogP contribution is 2.26. The number of aliphatic hydroxyl groups is 1. The quantitative estimate of drug-likeness (QED) is 0.891. The fourth-order valence-corrected chi connectivity index (χ4v) is 3.32. The summed E-state index contributed by atoms with van der Waals surface area (Å²) in [6.45, 7) is 3.07. The van der Waals surface area contributed by atoms with Gasteiger partial charge in [0.05, 0.1) is 12.6 Å². The summed E-state index contributed by atoms with van der Waals surface area (Å²) < 4.78 is 7.46. The van der Waals surface area contributed by atoms with Gasteiger partial charge in [-0.15, -0.1) is 0 Å². The molecule has 0 spiro atoms. The lowest BCUT2D eigenvalue weighted by atomic mass is 10.0. The molecule has 2 aromatic rings. The van der Waals surface area contributed by atoms with E-state index in [0.717, 1.165) is 32.5 Å². The lowest BCUT2D eigenvalue weighted by molar-refractivity contribution is 0.0846. The third-order valence-corrected chi connectivity index (χ3v) is 4.57. The van der Waals surface area contributed by atoms with Crippen LogP contribution in [-0.4, -0.2) is 38.7 Å². The summed E-state index contributed by atoms with van der Waals surface area (Å²) in [5.74, 6) is 0.679. The maximum absolute atomic E-state index is 10.4. The zero-order valence-electron chi connectivity index (χ0n) is 13.0. The molecule has 1 saturated heterocycles. The van der Waals surface area contributed by atoms with Gasteiger partial charge in [0.2, 0.25) is 0 Å². The van der Waals surface area contributed by atoms with E-state index < -0.39 is 6.10 Å². The van der Waals surface area contributed by atoms with E-state index >= 15 is 0 Å². The highest BCUT2D eigenvalue weighted by atomic mass is 16.4. The summed E-state index contributed by atoms with van der Waals surface area (Å²) in [6.07, 6.45) is 12.5. The van der Waals surface area contributed by atoms with Crippen molar-refractivity contribution in [3.63, 3.8) is 0 Å². The van der Waals surface area contributed by atoms with Gasteiger partial charge in [-0.1, -0.05) is 12.8 Å². The molecule has 1 N–H and O–H groups in total. The summed E-state index contributed by atoms with van der Waals surface area (Å²) in [5, 5.41) is 10.4. The first kappa shape index (κ1) is 15.3. The molecule has 1 fully saturated rings. The Bertz CT molecular complexity index is 524. The van der Waals surface area contributed by atoms with Crippen molar-refractivity contribution >= 4 is 0 Å². The van der Waals surface area contributed by atoms with Crippen LogP contribution >= 0.6 is 0 Å². The zero-order valence-corrected chi connectivity index (χ0v) is 13.0. The van der Waals surface area contributed by atoms with Crippen molar-refractivity contribution in [2.75, 3.05) is 13.1 Å². The van der Waals surface area contributed by atoms with Crippen LogP contribution in [0.1, 0.15) is 44.0 Å². The third-order valence-electron chi connectivity index (χ3n) is 4.57. The Morgan fingerprint density at radius 2 is 2.27 bits per heavy atom. The second-order valence-corrected chi connectivity index (χ2v) is 6.11. The van der Waals surface area contributed by atoms with Crippen molar-refractivity contribution in [3.05, 3.63) is 42.9 Å². The molecule has 2 unspecified atom stereocenters. The largest absolute Gasteiger partial charge is 0.467 e. The number of likely N-dealkylation sites (tertiary alicyclic amines) is 1. The van der Waals surface area contributed by atoms with Gasteiger partial charge >= 0.3 is 0 Å². The number of imidazole rings is 1. The van der Waals surface area contributed by atoms with Gasteiger partial charge in [-0.2, -0.15) is 0 Å². The van der Waals surface area contributed by atoms with Crippen molar-refractivity contribution in [2.45, 2.75) is 50.8 Å². The van der Waals surface area contributed by atoms with Crippen LogP contribution in [0.4, 0.5) is 0 Å². The van der Waals surface area contributed by atoms with Gasteiger partial charge < -0.3 is 14.1 Å². The van der Waals surface area contributed by atoms with Crippen molar-refractivity contribution in [1.82, 2.24) is 14.5 Å². The summed E-state index contributed by atoms with van der Waals surface area (Å²) >= 11 is 0. The monoisotopic (exact) mass is 303 g/mol. The minimum Gasteiger partial charge on any atom is -0.467 e. The van der Waals surface area contributed by atoms with E-state index in [1.54, 1.807) is 6.26 Å². The Labute approximate surface area is 131 Å². The van der Waals surface area contributed by atoms with E-state index in [1.165, 1.54) is 19.3 Å². The molecule has 0 radical (unpaired) electrons. The fraction of sp³-hybridized carbons (Fsp3) is 0.588. The SMILES string of the molecule is OC(CC1CCCCCN1CCn1ccnc1)c1ccco1. The van der Waals surface area contributed by atoms with E-state index in [2.05, 4.69) is 14.5 Å². The molecule has 0 amide bonds. The molecule has 3 heterocycles. The minimum atomic E-state index is -0.506. The number of hydrogen-bond donors (Lipinski definition) is 1. The van der Waals surface area contributed by atoms with E-state index in [1.807, 2.05) is 30.9 Å². The van der Waals surface area contributed by atoms with Crippen LogP contribution < -0.4 is 0 Å². The first-order valence-electron chi connectivity index (χ1n) is 8.24. The molecule has 2 aromatic heterocycles. The number of hydrogen-bond acceptors (Lipinski definition) is 4. The molecule has 22 heavy (non-hydrogen) atoms. The van der Waals surface area contributed by atoms with Crippen LogP contribution in [0.3, 0.4) is 0 Å². The van der Waals surface area contributed by atoms with Crippen LogP contribution in [-0.2, 0) is 6.54 Å². The Morgan fingerprint density at radius 3 is 3.05 bits per heavy atom. The van der Waals surface area contributed by atoms with Crippen molar-refractivity contribution < 1.29 is 9.52 Å². The summed E-state index contributed by atoms with van der Waals surface area (Å²) in [6, 6.07) is 4.12. The predicted octanol–water partition coefficient (Wildman–Crippen LogP) is 2.84. The minimum absolute atomic E-state index is 0.422. The molecular formula is C17H25N3O2. The van der Waals surface area contributed by atoms with Gasteiger partial charge in [-0.05, 0) is 37.9 Å². The van der Waals surface area contributed by atoms with E-state index in [-0.39, 0.29) is 0 Å². The Balaban J connectivity index is 1.60. The highest BCUT2D eigenvalue weighted by Gasteiger charge is 2.25. The van der Waals surface area contributed by atoms with Gasteiger partial charge in [0.25, 0.3) is 0 Å². The van der Waals surface area contributed by atoms with Gasteiger partial charge in [0.15, 0.2) is 0 Å². The fourth-order valence-electron chi connectivity index (χ4n) is 3.32. The molecule has 3 rings (SSSR count). The molecule has 0 aliphatic carbocycles. The molecule has 5 nitrogen and oxygen atoms in total. The van der Waals surface area contributed by atoms with Gasteiger partial charge in [0.1, 0.15) is 11.9 Å². The van der Waals surface area contributed by atoms with Crippen molar-refractivity contribution in [3.8, 4) is 0 Å². The Kier molecular flexibility index (Phi) is 5.29. The van der Waals surface area contributed by atoms with E-state index in [0.29, 0.717) is 11.8 Å². The maximum Gasteiger partial charge on any atom is 0.132 e. The standard InChI is InChI=1S/C17H25N3O2/c21-16(17-6-4-12-22-17)13-15-5-2-1-3-8-20(15)11-10-19-9-7-18-14-19/h4,6-7,9,12,14-16,21H,1-3,5,8,10-11,13H2.